The quantitative estimate of drug-likeness (QED) is 0.636. The summed E-state index contributed by atoms with van der Waals surface area (Å²) in [5, 5.41) is 10.3. The third-order valence-electron chi connectivity index (χ3n) is 6.00. The number of carboxylic acid groups (broad SMARTS) is 1. The van der Waals surface area contributed by atoms with Crippen LogP contribution >= 0.6 is 0 Å². The third kappa shape index (κ3) is 3.32. The van der Waals surface area contributed by atoms with Gasteiger partial charge in [-0.3, -0.25) is 0 Å². The minimum atomic E-state index is -1.02. The summed E-state index contributed by atoms with van der Waals surface area (Å²) >= 11 is 0. The van der Waals surface area contributed by atoms with Crippen LogP contribution in [0.3, 0.4) is 0 Å². The second-order valence-electron chi connectivity index (χ2n) is 9.13. The van der Waals surface area contributed by atoms with Crippen molar-refractivity contribution in [2.45, 2.75) is 30.4 Å². The van der Waals surface area contributed by atoms with Crippen LogP contribution in [0.25, 0.3) is 22.2 Å². The van der Waals surface area contributed by atoms with E-state index in [9.17, 15) is 14.7 Å². The van der Waals surface area contributed by atoms with Crippen LogP contribution in [0, 0.1) is 0 Å². The molecule has 1 fully saturated rings. The Hall–Kier alpha value is -2.96. The van der Waals surface area contributed by atoms with Gasteiger partial charge in [-0.15, -0.1) is 0 Å². The largest absolute Gasteiger partial charge is 0.480 e. The Morgan fingerprint density at radius 3 is 2.63 bits per heavy atom. The molecule has 0 amide bonds. The van der Waals surface area contributed by atoms with Crippen molar-refractivity contribution in [2.75, 3.05) is 11.4 Å². The Kier molecular flexibility index (Phi) is 4.79. The molecule has 0 spiro atoms. The fourth-order valence-electron chi connectivity index (χ4n) is 4.33. The standard InChI is InChI=1S/C21H23B3N2O4/c1-20(19(28)29)9-4-10-26(20)16-8-7-13-14(11-17(27)30-18(13)25-16)12-5-2-3-6-15(12)21(22,23)24/h2-3,5-8,11H,4,9-10,22-24H2,1H3,(H,28,29). The number of rotatable bonds is 4. The summed E-state index contributed by atoms with van der Waals surface area (Å²) in [6, 6.07) is 13.2. The summed E-state index contributed by atoms with van der Waals surface area (Å²) in [5.74, 6) is -0.370. The summed E-state index contributed by atoms with van der Waals surface area (Å²) in [6.07, 6.45) is 1.32. The third-order valence-corrected chi connectivity index (χ3v) is 6.00. The molecule has 6 nitrogen and oxygen atoms in total. The van der Waals surface area contributed by atoms with Gasteiger partial charge in [0.25, 0.3) is 0 Å². The Morgan fingerprint density at radius 1 is 1.20 bits per heavy atom. The molecule has 1 aliphatic rings. The number of benzene rings is 1. The lowest BCUT2D eigenvalue weighted by molar-refractivity contribution is -0.142. The molecule has 0 bridgehead atoms. The minimum absolute atomic E-state index is 0.106. The average molecular weight is 400 g/mol. The van der Waals surface area contributed by atoms with Gasteiger partial charge in [0.05, 0.1) is 23.5 Å². The highest BCUT2D eigenvalue weighted by Gasteiger charge is 2.44. The number of carbonyl (C=O) groups is 1. The first-order valence-corrected chi connectivity index (χ1v) is 10.2. The molecule has 1 saturated heterocycles. The molecule has 3 heterocycles. The van der Waals surface area contributed by atoms with E-state index >= 15 is 0 Å². The van der Waals surface area contributed by atoms with Crippen LogP contribution in [0.5, 0.6) is 0 Å². The van der Waals surface area contributed by atoms with Gasteiger partial charge in [0, 0.05) is 23.6 Å². The zero-order valence-electron chi connectivity index (χ0n) is 17.7. The number of anilines is 1. The number of pyridine rings is 1. The van der Waals surface area contributed by atoms with Gasteiger partial charge in [-0.05, 0) is 37.5 Å². The molecule has 1 atom stereocenters. The van der Waals surface area contributed by atoms with Crippen molar-refractivity contribution >= 4 is 46.4 Å². The second-order valence-corrected chi connectivity index (χ2v) is 9.13. The van der Waals surface area contributed by atoms with E-state index in [1.807, 2.05) is 30.3 Å². The highest BCUT2D eigenvalue weighted by Crippen LogP contribution is 2.36. The molecule has 0 radical (unpaired) electrons. The number of nitrogens with zero attached hydrogens (tertiary/aromatic N) is 2. The monoisotopic (exact) mass is 400 g/mol. The number of hydrogen-bond donors (Lipinski definition) is 1. The SMILES string of the molecule is BC(B)(B)c1ccccc1-c1cc(=O)oc2nc(N3CCCC3(C)C(=O)O)ccc12. The van der Waals surface area contributed by atoms with Crippen molar-refractivity contribution in [1.82, 2.24) is 4.98 Å². The topological polar surface area (TPSA) is 83.6 Å². The molecule has 0 saturated carbocycles. The number of carboxylic acids is 1. The van der Waals surface area contributed by atoms with Gasteiger partial charge in [0.15, 0.2) is 0 Å². The zero-order valence-corrected chi connectivity index (χ0v) is 17.7. The average Bonchev–Trinajstić information content (AvgIpc) is 3.09. The van der Waals surface area contributed by atoms with Gasteiger partial charge >= 0.3 is 11.6 Å². The maximum Gasteiger partial charge on any atom is 0.338 e. The van der Waals surface area contributed by atoms with E-state index in [4.69, 9.17) is 4.42 Å². The maximum absolute atomic E-state index is 12.4. The molecule has 1 N–H and O–H groups in total. The van der Waals surface area contributed by atoms with Gasteiger partial charge in [-0.2, -0.15) is 4.98 Å². The molecule has 9 heteroatoms. The van der Waals surface area contributed by atoms with Gasteiger partial charge in [0.1, 0.15) is 11.4 Å². The number of fused-ring (bicyclic) bond motifs is 1. The molecule has 1 aliphatic heterocycles. The first kappa shape index (κ1) is 20.3. The van der Waals surface area contributed by atoms with Crippen LogP contribution in [0.4, 0.5) is 5.82 Å². The Morgan fingerprint density at radius 2 is 1.93 bits per heavy atom. The number of hydrogen-bond acceptors (Lipinski definition) is 5. The van der Waals surface area contributed by atoms with Gasteiger partial charge in [-0.25, -0.2) is 9.59 Å². The lowest BCUT2D eigenvalue weighted by Crippen LogP contribution is -2.48. The number of aliphatic carboxylic acids is 1. The molecule has 1 unspecified atom stereocenters. The lowest BCUT2D eigenvalue weighted by Gasteiger charge is -2.32. The van der Waals surface area contributed by atoms with Crippen LogP contribution in [-0.4, -0.2) is 51.7 Å². The maximum atomic E-state index is 12.4. The Labute approximate surface area is 177 Å². The van der Waals surface area contributed by atoms with E-state index in [0.717, 1.165) is 28.5 Å². The highest BCUT2D eigenvalue weighted by molar-refractivity contribution is 6.59. The van der Waals surface area contributed by atoms with Crippen LogP contribution < -0.4 is 10.5 Å². The second kappa shape index (κ2) is 7.08. The van der Waals surface area contributed by atoms with E-state index in [2.05, 4.69) is 34.6 Å². The molecular weight excluding hydrogens is 377 g/mol. The Balaban J connectivity index is 1.91. The molecule has 30 heavy (non-hydrogen) atoms. The predicted octanol–water partition coefficient (Wildman–Crippen LogP) is 0.308. The number of aromatic nitrogens is 1. The Bertz CT molecular complexity index is 1200. The van der Waals surface area contributed by atoms with Crippen molar-refractivity contribution < 1.29 is 14.3 Å². The van der Waals surface area contributed by atoms with Crippen LogP contribution in [0.1, 0.15) is 25.3 Å². The zero-order chi connectivity index (χ0) is 21.7. The fourth-order valence-corrected chi connectivity index (χ4v) is 4.33. The molecule has 3 aromatic rings. The van der Waals surface area contributed by atoms with Crippen molar-refractivity contribution in [3.05, 3.63) is 58.4 Å². The first-order valence-electron chi connectivity index (χ1n) is 10.2. The molecule has 4 rings (SSSR count). The smallest absolute Gasteiger partial charge is 0.338 e. The molecular formula is C21H23B3N2O4. The van der Waals surface area contributed by atoms with E-state index < -0.39 is 17.1 Å². The van der Waals surface area contributed by atoms with E-state index in [1.54, 1.807) is 11.8 Å². The molecule has 0 aliphatic carbocycles. The summed E-state index contributed by atoms with van der Waals surface area (Å²) in [5.41, 5.74) is 1.59. The van der Waals surface area contributed by atoms with Crippen LogP contribution in [0.15, 0.2) is 51.7 Å². The van der Waals surface area contributed by atoms with E-state index in [0.29, 0.717) is 18.8 Å². The van der Waals surface area contributed by atoms with Crippen LogP contribution in [-0.2, 0) is 9.91 Å². The highest BCUT2D eigenvalue weighted by atomic mass is 16.4. The van der Waals surface area contributed by atoms with Crippen molar-refractivity contribution in [2.24, 2.45) is 0 Å². The molecule has 150 valence electrons. The molecule has 2 aromatic heterocycles. The predicted molar refractivity (Wildman–Crippen MR) is 126 cm³/mol. The summed E-state index contributed by atoms with van der Waals surface area (Å²) in [6.45, 7) is 2.30. The molecule has 1 aromatic carbocycles. The minimum Gasteiger partial charge on any atom is -0.480 e. The summed E-state index contributed by atoms with van der Waals surface area (Å²) < 4.78 is 5.44. The first-order chi connectivity index (χ1) is 14.1. The van der Waals surface area contributed by atoms with Crippen LogP contribution in [0.2, 0.25) is 0 Å². The van der Waals surface area contributed by atoms with Gasteiger partial charge < -0.3 is 14.4 Å². The van der Waals surface area contributed by atoms with Gasteiger partial charge in [0.2, 0.25) is 5.71 Å². The summed E-state index contributed by atoms with van der Waals surface area (Å²) in [4.78, 5) is 30.6. The van der Waals surface area contributed by atoms with Crippen molar-refractivity contribution in [3.8, 4) is 11.1 Å². The van der Waals surface area contributed by atoms with Crippen molar-refractivity contribution in [1.29, 1.82) is 0 Å². The summed E-state index contributed by atoms with van der Waals surface area (Å²) in [7, 11) is 6.40. The van der Waals surface area contributed by atoms with Crippen molar-refractivity contribution in [3.63, 3.8) is 0 Å². The van der Waals surface area contributed by atoms with Gasteiger partial charge in [-0.1, -0.05) is 34.9 Å². The van der Waals surface area contributed by atoms with E-state index in [1.165, 1.54) is 6.07 Å². The normalized spacial score (nSPS) is 19.3. The lowest BCUT2D eigenvalue weighted by atomic mass is 9.39. The fraction of sp³-hybridized carbons (Fsp3) is 0.286. The van der Waals surface area contributed by atoms with E-state index in [-0.39, 0.29) is 10.8 Å².